The first kappa shape index (κ1) is 10.4. The Kier molecular flexibility index (Phi) is 3.25. The third-order valence-corrected chi connectivity index (χ3v) is 2.12. The average molecular weight is 240 g/mol. The Morgan fingerprint density at radius 3 is 2.46 bits per heavy atom. The van der Waals surface area contributed by atoms with E-state index in [2.05, 4.69) is 5.16 Å². The van der Waals surface area contributed by atoms with Crippen LogP contribution in [0.15, 0.2) is 17.3 Å². The fourth-order valence-electron chi connectivity index (χ4n) is 0.777. The number of benzene rings is 1. The summed E-state index contributed by atoms with van der Waals surface area (Å²) < 4.78 is 0. The zero-order chi connectivity index (χ0) is 10.0. The zero-order valence-electron chi connectivity index (χ0n) is 6.13. The quantitative estimate of drug-likeness (QED) is 0.450. The minimum atomic E-state index is -0.276. The Morgan fingerprint density at radius 2 is 1.92 bits per heavy atom. The first-order chi connectivity index (χ1) is 6.06. The first-order valence-electron chi connectivity index (χ1n) is 3.12. The predicted octanol–water partition coefficient (Wildman–Crippen LogP) is 3.07. The molecule has 6 heteroatoms. The molecule has 1 aromatic carbocycles. The summed E-state index contributed by atoms with van der Waals surface area (Å²) in [4.78, 5) is 0. The molecule has 0 atom stereocenters. The van der Waals surface area contributed by atoms with Gasteiger partial charge in [-0.2, -0.15) is 0 Å². The molecule has 3 nitrogen and oxygen atoms in total. The lowest BCUT2D eigenvalue weighted by Crippen LogP contribution is -1.92. The smallest absolute Gasteiger partial charge is 0.179 e. The molecular weight excluding hydrogens is 236 g/mol. The van der Waals surface area contributed by atoms with Crippen LogP contribution in [0.2, 0.25) is 10.0 Å². The molecule has 0 aliphatic rings. The van der Waals surface area contributed by atoms with Gasteiger partial charge in [0, 0.05) is 5.02 Å². The molecule has 0 heterocycles. The number of rotatable bonds is 1. The molecule has 0 radical (unpaired) electrons. The molecule has 13 heavy (non-hydrogen) atoms. The molecule has 0 unspecified atom stereocenters. The van der Waals surface area contributed by atoms with Crippen LogP contribution < -0.4 is 0 Å². The second kappa shape index (κ2) is 4.05. The topological polar surface area (TPSA) is 52.8 Å². The van der Waals surface area contributed by atoms with Crippen molar-refractivity contribution < 1.29 is 10.3 Å². The maximum absolute atomic E-state index is 9.36. The average Bonchev–Trinajstić information content (AvgIpc) is 2.10. The van der Waals surface area contributed by atoms with Gasteiger partial charge in [-0.25, -0.2) is 0 Å². The zero-order valence-corrected chi connectivity index (χ0v) is 8.40. The van der Waals surface area contributed by atoms with Crippen LogP contribution in [0.5, 0.6) is 5.75 Å². The summed E-state index contributed by atoms with van der Waals surface area (Å²) in [6, 6.07) is 2.69. The van der Waals surface area contributed by atoms with E-state index >= 15 is 0 Å². The van der Waals surface area contributed by atoms with E-state index in [0.717, 1.165) is 0 Å². The van der Waals surface area contributed by atoms with Crippen molar-refractivity contribution in [3.8, 4) is 5.75 Å². The summed E-state index contributed by atoms with van der Waals surface area (Å²) in [6.45, 7) is 0. The van der Waals surface area contributed by atoms with E-state index in [9.17, 15) is 5.11 Å². The molecule has 0 saturated carbocycles. The molecule has 0 aliphatic heterocycles. The number of phenols is 1. The number of phenolic OH excluding ortho intramolecular Hbond substituents is 1. The van der Waals surface area contributed by atoms with Gasteiger partial charge in [0.15, 0.2) is 5.17 Å². The van der Waals surface area contributed by atoms with Crippen LogP contribution in [0, 0.1) is 0 Å². The standard InChI is InChI=1S/C7H4Cl3NO2/c8-3-1-4(7(10)11-13)6(12)5(9)2-3/h1-2,12-13H. The molecule has 0 fully saturated rings. The number of hydrogen-bond acceptors (Lipinski definition) is 3. The van der Waals surface area contributed by atoms with Crippen molar-refractivity contribution >= 4 is 40.0 Å². The Bertz CT molecular complexity index is 365. The highest BCUT2D eigenvalue weighted by atomic mass is 35.5. The van der Waals surface area contributed by atoms with Crippen molar-refractivity contribution in [1.29, 1.82) is 0 Å². The monoisotopic (exact) mass is 239 g/mol. The lowest BCUT2D eigenvalue weighted by Gasteiger charge is -2.03. The van der Waals surface area contributed by atoms with Gasteiger partial charge in [0.25, 0.3) is 0 Å². The van der Waals surface area contributed by atoms with E-state index in [1.165, 1.54) is 12.1 Å². The lowest BCUT2D eigenvalue weighted by atomic mass is 10.2. The van der Waals surface area contributed by atoms with Gasteiger partial charge in [-0.1, -0.05) is 40.0 Å². The van der Waals surface area contributed by atoms with Crippen molar-refractivity contribution in [2.24, 2.45) is 5.16 Å². The maximum atomic E-state index is 9.36. The SMILES string of the molecule is ON=C(Cl)c1cc(Cl)cc(Cl)c1O. The van der Waals surface area contributed by atoms with Gasteiger partial charge in [-0.15, -0.1) is 0 Å². The number of oxime groups is 1. The fourth-order valence-corrected chi connectivity index (χ4v) is 1.41. The van der Waals surface area contributed by atoms with Crippen molar-refractivity contribution in [2.45, 2.75) is 0 Å². The second-order valence-electron chi connectivity index (χ2n) is 2.17. The van der Waals surface area contributed by atoms with Crippen LogP contribution in [0.3, 0.4) is 0 Å². The first-order valence-corrected chi connectivity index (χ1v) is 4.25. The third kappa shape index (κ3) is 2.18. The number of nitrogens with zero attached hydrogens (tertiary/aromatic N) is 1. The molecule has 1 aromatic rings. The Morgan fingerprint density at radius 1 is 1.31 bits per heavy atom. The molecule has 0 aromatic heterocycles. The molecule has 2 N–H and O–H groups in total. The van der Waals surface area contributed by atoms with E-state index in [4.69, 9.17) is 40.0 Å². The van der Waals surface area contributed by atoms with Crippen LogP contribution in [0.4, 0.5) is 0 Å². The summed E-state index contributed by atoms with van der Waals surface area (Å²) in [7, 11) is 0. The van der Waals surface area contributed by atoms with Crippen molar-refractivity contribution in [3.05, 3.63) is 27.7 Å². The molecule has 0 saturated heterocycles. The van der Waals surface area contributed by atoms with Crippen molar-refractivity contribution in [2.75, 3.05) is 0 Å². The predicted molar refractivity (Wildman–Crippen MR) is 52.3 cm³/mol. The van der Waals surface area contributed by atoms with E-state index in [0.29, 0.717) is 5.02 Å². The number of aromatic hydroxyl groups is 1. The normalized spacial score (nSPS) is 11.8. The summed E-state index contributed by atoms with van der Waals surface area (Å²) >= 11 is 16.7. The van der Waals surface area contributed by atoms with Gasteiger partial charge in [0.2, 0.25) is 0 Å². The van der Waals surface area contributed by atoms with E-state index < -0.39 is 0 Å². The highest BCUT2D eigenvalue weighted by molar-refractivity contribution is 6.70. The van der Waals surface area contributed by atoms with Crippen LogP contribution in [-0.4, -0.2) is 15.5 Å². The third-order valence-electron chi connectivity index (χ3n) is 1.34. The summed E-state index contributed by atoms with van der Waals surface area (Å²) in [5, 5.41) is 20.5. The van der Waals surface area contributed by atoms with Crippen molar-refractivity contribution in [3.63, 3.8) is 0 Å². The summed E-state index contributed by atoms with van der Waals surface area (Å²) in [6.07, 6.45) is 0. The Hall–Kier alpha value is -0.640. The van der Waals surface area contributed by atoms with Gasteiger partial charge >= 0.3 is 0 Å². The Balaban J connectivity index is 3.37. The minimum Gasteiger partial charge on any atom is -0.506 e. The van der Waals surface area contributed by atoms with Gasteiger partial charge in [-0.05, 0) is 12.1 Å². The van der Waals surface area contributed by atoms with Gasteiger partial charge in [0.05, 0.1) is 10.6 Å². The highest BCUT2D eigenvalue weighted by Crippen LogP contribution is 2.32. The molecule has 0 bridgehead atoms. The van der Waals surface area contributed by atoms with E-state index in [1.54, 1.807) is 0 Å². The molecule has 1 rings (SSSR count). The maximum Gasteiger partial charge on any atom is 0.179 e. The van der Waals surface area contributed by atoms with Gasteiger partial charge < -0.3 is 10.3 Å². The second-order valence-corrected chi connectivity index (χ2v) is 3.38. The summed E-state index contributed by atoms with van der Waals surface area (Å²) in [5.74, 6) is -0.270. The van der Waals surface area contributed by atoms with E-state index in [1.807, 2.05) is 0 Å². The molecule has 0 spiro atoms. The largest absolute Gasteiger partial charge is 0.506 e. The Labute approximate surface area is 89.1 Å². The van der Waals surface area contributed by atoms with Crippen LogP contribution in [-0.2, 0) is 0 Å². The molecule has 0 aliphatic carbocycles. The van der Waals surface area contributed by atoms with Crippen LogP contribution in [0.25, 0.3) is 0 Å². The van der Waals surface area contributed by atoms with Gasteiger partial charge in [0.1, 0.15) is 5.75 Å². The van der Waals surface area contributed by atoms with Crippen LogP contribution >= 0.6 is 34.8 Å². The van der Waals surface area contributed by atoms with Crippen LogP contribution in [0.1, 0.15) is 5.56 Å². The lowest BCUT2D eigenvalue weighted by molar-refractivity contribution is 0.320. The van der Waals surface area contributed by atoms with E-state index in [-0.39, 0.29) is 21.5 Å². The van der Waals surface area contributed by atoms with Crippen molar-refractivity contribution in [1.82, 2.24) is 0 Å². The molecule has 0 amide bonds. The summed E-state index contributed by atoms with van der Waals surface area (Å²) in [5.41, 5.74) is 0.0849. The number of hydrogen-bond donors (Lipinski definition) is 2. The molecule has 70 valence electrons. The molecular formula is C7H4Cl3NO2. The number of halogens is 3. The van der Waals surface area contributed by atoms with Gasteiger partial charge in [-0.3, -0.25) is 0 Å². The highest BCUT2D eigenvalue weighted by Gasteiger charge is 2.11. The minimum absolute atomic E-state index is 0.0456. The fraction of sp³-hybridized carbons (Fsp3) is 0.